The number of anilines is 1. The molecule has 2 atom stereocenters. The fraction of sp³-hybridized carbons (Fsp3) is 0.333. The molecule has 0 amide bonds. The second-order valence-corrected chi connectivity index (χ2v) is 3.83. The Morgan fingerprint density at radius 1 is 1.07 bits per heavy atom. The van der Waals surface area contributed by atoms with E-state index in [9.17, 15) is 5.11 Å². The average molecular weight is 205 g/mol. The minimum absolute atomic E-state index is 0.273. The smallest absolute Gasteiger partial charge is 0.115 e. The van der Waals surface area contributed by atoms with E-state index in [-0.39, 0.29) is 17.9 Å². The molecule has 0 radical (unpaired) electrons. The molecule has 3 nitrogen and oxygen atoms in total. The largest absolute Gasteiger partial charge is 0.508 e. The lowest BCUT2D eigenvalue weighted by Crippen LogP contribution is -2.23. The van der Waals surface area contributed by atoms with Gasteiger partial charge in [-0.15, -0.1) is 0 Å². The molecule has 0 heterocycles. The van der Waals surface area contributed by atoms with Crippen molar-refractivity contribution < 1.29 is 10.2 Å². The van der Waals surface area contributed by atoms with E-state index in [2.05, 4.69) is 5.32 Å². The number of aliphatic hydroxyl groups is 1. The normalized spacial score (nSPS) is 25.1. The van der Waals surface area contributed by atoms with Crippen molar-refractivity contribution in [1.29, 1.82) is 0 Å². The zero-order valence-electron chi connectivity index (χ0n) is 8.43. The molecule has 2 rings (SSSR count). The Morgan fingerprint density at radius 3 is 2.40 bits per heavy atom. The van der Waals surface area contributed by atoms with E-state index < -0.39 is 0 Å². The van der Waals surface area contributed by atoms with Crippen molar-refractivity contribution in [1.82, 2.24) is 0 Å². The highest BCUT2D eigenvalue weighted by molar-refractivity contribution is 5.47. The monoisotopic (exact) mass is 205 g/mol. The molecule has 1 aliphatic carbocycles. The summed E-state index contributed by atoms with van der Waals surface area (Å²) in [4.78, 5) is 0. The highest BCUT2D eigenvalue weighted by atomic mass is 16.3. The van der Waals surface area contributed by atoms with Crippen molar-refractivity contribution in [2.45, 2.75) is 25.0 Å². The van der Waals surface area contributed by atoms with Crippen LogP contribution in [-0.4, -0.2) is 22.4 Å². The number of rotatable bonds is 2. The van der Waals surface area contributed by atoms with Crippen molar-refractivity contribution in [2.24, 2.45) is 0 Å². The van der Waals surface area contributed by atoms with Crippen LogP contribution >= 0.6 is 0 Å². The third-order valence-corrected chi connectivity index (χ3v) is 2.56. The summed E-state index contributed by atoms with van der Waals surface area (Å²) in [5.74, 6) is 0.273. The van der Waals surface area contributed by atoms with Crippen molar-refractivity contribution in [3.8, 4) is 5.75 Å². The predicted molar refractivity (Wildman–Crippen MR) is 59.9 cm³/mol. The van der Waals surface area contributed by atoms with Gasteiger partial charge in [0.25, 0.3) is 0 Å². The molecular weight excluding hydrogens is 190 g/mol. The zero-order chi connectivity index (χ0) is 10.7. The van der Waals surface area contributed by atoms with Gasteiger partial charge in [0.05, 0.1) is 6.10 Å². The van der Waals surface area contributed by atoms with E-state index in [1.807, 2.05) is 24.3 Å². The second kappa shape index (κ2) is 4.36. The molecule has 0 saturated carbocycles. The summed E-state index contributed by atoms with van der Waals surface area (Å²) < 4.78 is 0. The molecule has 3 N–H and O–H groups in total. The predicted octanol–water partition coefficient (Wildman–Crippen LogP) is 1.88. The van der Waals surface area contributed by atoms with Crippen LogP contribution in [0.1, 0.15) is 12.8 Å². The van der Waals surface area contributed by atoms with Gasteiger partial charge in [-0.2, -0.15) is 0 Å². The average Bonchev–Trinajstić information content (AvgIpc) is 2.25. The first-order valence-electron chi connectivity index (χ1n) is 5.16. The number of aliphatic hydroxyl groups excluding tert-OH is 1. The van der Waals surface area contributed by atoms with Gasteiger partial charge >= 0.3 is 0 Å². The highest BCUT2D eigenvalue weighted by Crippen LogP contribution is 2.18. The van der Waals surface area contributed by atoms with Gasteiger partial charge in [0.2, 0.25) is 0 Å². The third kappa shape index (κ3) is 2.73. The lowest BCUT2D eigenvalue weighted by atomic mass is 10.0. The summed E-state index contributed by atoms with van der Waals surface area (Å²) in [5, 5.41) is 21.7. The molecule has 0 fully saturated rings. The van der Waals surface area contributed by atoms with E-state index in [1.54, 1.807) is 12.1 Å². The van der Waals surface area contributed by atoms with Gasteiger partial charge in [0.1, 0.15) is 5.75 Å². The van der Waals surface area contributed by atoms with Crippen molar-refractivity contribution in [3.63, 3.8) is 0 Å². The molecule has 1 aromatic rings. The number of phenolic OH excluding ortho intramolecular Hbond substituents is 1. The Balaban J connectivity index is 1.97. The zero-order valence-corrected chi connectivity index (χ0v) is 8.43. The molecule has 0 spiro atoms. The van der Waals surface area contributed by atoms with Crippen LogP contribution in [0.3, 0.4) is 0 Å². The van der Waals surface area contributed by atoms with Gasteiger partial charge in [-0.1, -0.05) is 12.2 Å². The van der Waals surface area contributed by atoms with Crippen LogP contribution in [0.25, 0.3) is 0 Å². The third-order valence-electron chi connectivity index (χ3n) is 2.56. The summed E-state index contributed by atoms with van der Waals surface area (Å²) in [5.41, 5.74) is 0.985. The maximum Gasteiger partial charge on any atom is 0.115 e. The first-order chi connectivity index (χ1) is 7.24. The van der Waals surface area contributed by atoms with E-state index in [4.69, 9.17) is 5.11 Å². The molecule has 3 heteroatoms. The number of benzene rings is 1. The standard InChI is InChI=1S/C12H15NO2/c14-11-5-1-9(2-6-11)13-10-3-7-12(15)8-4-10/h1-3,5-7,10,12-15H,4,8H2. The minimum Gasteiger partial charge on any atom is -0.508 e. The maximum atomic E-state index is 9.28. The summed E-state index contributed by atoms with van der Waals surface area (Å²) in [6, 6.07) is 7.27. The lowest BCUT2D eigenvalue weighted by Gasteiger charge is -2.21. The van der Waals surface area contributed by atoms with Gasteiger partial charge in [0.15, 0.2) is 0 Å². The Labute approximate surface area is 89.1 Å². The number of aromatic hydroxyl groups is 1. The maximum absolute atomic E-state index is 9.28. The van der Waals surface area contributed by atoms with E-state index in [0.29, 0.717) is 0 Å². The molecule has 80 valence electrons. The molecule has 0 saturated heterocycles. The number of nitrogens with one attached hydrogen (secondary N) is 1. The summed E-state index contributed by atoms with van der Waals surface area (Å²) >= 11 is 0. The lowest BCUT2D eigenvalue weighted by molar-refractivity contribution is 0.202. The molecule has 0 bridgehead atoms. The van der Waals surface area contributed by atoms with Crippen molar-refractivity contribution >= 4 is 5.69 Å². The topological polar surface area (TPSA) is 52.5 Å². The Morgan fingerprint density at radius 2 is 1.80 bits per heavy atom. The van der Waals surface area contributed by atoms with Crippen LogP contribution in [0.5, 0.6) is 5.75 Å². The number of hydrogen-bond acceptors (Lipinski definition) is 3. The quantitative estimate of drug-likeness (QED) is 0.510. The Hall–Kier alpha value is -1.48. The highest BCUT2D eigenvalue weighted by Gasteiger charge is 2.12. The molecule has 2 unspecified atom stereocenters. The SMILES string of the molecule is Oc1ccc(NC2C=CC(O)CC2)cc1. The second-order valence-electron chi connectivity index (χ2n) is 3.83. The van der Waals surface area contributed by atoms with Crippen LogP contribution in [0.2, 0.25) is 0 Å². The van der Waals surface area contributed by atoms with E-state index in [1.165, 1.54) is 0 Å². The van der Waals surface area contributed by atoms with Gasteiger partial charge in [-0.05, 0) is 37.1 Å². The number of hydrogen-bond donors (Lipinski definition) is 3. The number of phenols is 1. The molecule has 15 heavy (non-hydrogen) atoms. The van der Waals surface area contributed by atoms with Crippen LogP contribution < -0.4 is 5.32 Å². The molecule has 1 aromatic carbocycles. The first kappa shape index (κ1) is 10.1. The van der Waals surface area contributed by atoms with Crippen molar-refractivity contribution in [3.05, 3.63) is 36.4 Å². The molecule has 0 aliphatic heterocycles. The summed E-state index contributed by atoms with van der Waals surface area (Å²) in [6.07, 6.45) is 5.25. The van der Waals surface area contributed by atoms with E-state index >= 15 is 0 Å². The minimum atomic E-state index is -0.289. The van der Waals surface area contributed by atoms with E-state index in [0.717, 1.165) is 18.5 Å². The van der Waals surface area contributed by atoms with Crippen LogP contribution in [-0.2, 0) is 0 Å². The van der Waals surface area contributed by atoms with Crippen LogP contribution in [0.15, 0.2) is 36.4 Å². The fourth-order valence-electron chi connectivity index (χ4n) is 1.70. The Kier molecular flexibility index (Phi) is 2.92. The van der Waals surface area contributed by atoms with Crippen LogP contribution in [0, 0.1) is 0 Å². The molecule has 0 aromatic heterocycles. The molecule has 1 aliphatic rings. The fourth-order valence-corrected chi connectivity index (χ4v) is 1.70. The van der Waals surface area contributed by atoms with Gasteiger partial charge in [0, 0.05) is 11.7 Å². The summed E-state index contributed by atoms with van der Waals surface area (Å²) in [7, 11) is 0. The van der Waals surface area contributed by atoms with Gasteiger partial charge < -0.3 is 15.5 Å². The van der Waals surface area contributed by atoms with Crippen molar-refractivity contribution in [2.75, 3.05) is 5.32 Å². The summed E-state index contributed by atoms with van der Waals surface area (Å²) in [6.45, 7) is 0. The molecular formula is C12H15NO2. The first-order valence-corrected chi connectivity index (χ1v) is 5.16. The van der Waals surface area contributed by atoms with Gasteiger partial charge in [-0.3, -0.25) is 0 Å². The van der Waals surface area contributed by atoms with Gasteiger partial charge in [-0.25, -0.2) is 0 Å². The Bertz CT molecular complexity index is 345. The van der Waals surface area contributed by atoms with Crippen LogP contribution in [0.4, 0.5) is 5.69 Å².